The van der Waals surface area contributed by atoms with Gasteiger partial charge in [0.05, 0.1) is 13.2 Å². The minimum atomic E-state index is -0.145. The Labute approximate surface area is 152 Å². The van der Waals surface area contributed by atoms with Crippen LogP contribution in [0.25, 0.3) is 0 Å². The van der Waals surface area contributed by atoms with Crippen LogP contribution in [0, 0.1) is 9.49 Å². The third-order valence-corrected chi connectivity index (χ3v) is 4.63. The summed E-state index contributed by atoms with van der Waals surface area (Å²) < 4.78 is 6.58. The first-order chi connectivity index (χ1) is 11.0. The number of nitrogens with zero attached hydrogens (tertiary/aromatic N) is 1. The van der Waals surface area contributed by atoms with Gasteiger partial charge in [-0.05, 0) is 59.2 Å². The van der Waals surface area contributed by atoms with Gasteiger partial charge in [0.2, 0.25) is 0 Å². The molecule has 1 saturated heterocycles. The third kappa shape index (κ3) is 6.64. The van der Waals surface area contributed by atoms with Crippen molar-refractivity contribution in [3.63, 3.8) is 0 Å². The van der Waals surface area contributed by atoms with Crippen molar-refractivity contribution in [2.75, 3.05) is 38.2 Å². The van der Waals surface area contributed by atoms with Crippen LogP contribution in [0.2, 0.25) is 0 Å². The van der Waals surface area contributed by atoms with Crippen molar-refractivity contribution in [1.82, 2.24) is 10.2 Å². The first-order valence-electron chi connectivity index (χ1n) is 8.17. The van der Waals surface area contributed by atoms with Gasteiger partial charge in [-0.1, -0.05) is 13.8 Å². The lowest BCUT2D eigenvalue weighted by Gasteiger charge is -2.35. The predicted molar refractivity (Wildman–Crippen MR) is 102 cm³/mol. The quantitative estimate of drug-likeness (QED) is 0.681. The number of hydrogen-bond donors (Lipinski definition) is 2. The summed E-state index contributed by atoms with van der Waals surface area (Å²) in [5.41, 5.74) is 0.815. The number of amides is 2. The van der Waals surface area contributed by atoms with E-state index in [1.807, 2.05) is 24.3 Å². The Kier molecular flexibility index (Phi) is 7.58. The summed E-state index contributed by atoms with van der Waals surface area (Å²) in [6, 6.07) is 8.00. The van der Waals surface area contributed by atoms with Crippen LogP contribution in [-0.2, 0) is 4.74 Å². The average Bonchev–Trinajstić information content (AvgIpc) is 2.54. The highest BCUT2D eigenvalue weighted by atomic mass is 127. The molecule has 1 heterocycles. The Morgan fingerprint density at radius 1 is 1.26 bits per heavy atom. The number of carbonyl (C=O) groups excluding carboxylic acids is 1. The van der Waals surface area contributed by atoms with Crippen LogP contribution in [0.3, 0.4) is 0 Å². The van der Waals surface area contributed by atoms with Crippen LogP contribution in [0.15, 0.2) is 24.3 Å². The molecule has 1 aliphatic rings. The lowest BCUT2D eigenvalue weighted by atomic mass is 10.0. The summed E-state index contributed by atoms with van der Waals surface area (Å²) in [5, 5.41) is 5.90. The molecule has 23 heavy (non-hydrogen) atoms. The summed E-state index contributed by atoms with van der Waals surface area (Å²) in [5.74, 6) is 0.601. The number of urea groups is 1. The molecule has 0 spiro atoms. The minimum absolute atomic E-state index is 0.145. The van der Waals surface area contributed by atoms with Crippen molar-refractivity contribution in [2.24, 2.45) is 5.92 Å². The molecule has 0 radical (unpaired) electrons. The highest BCUT2D eigenvalue weighted by Crippen LogP contribution is 2.14. The summed E-state index contributed by atoms with van der Waals surface area (Å²) in [6.07, 6.45) is 1.07. The number of halogens is 1. The van der Waals surface area contributed by atoms with Gasteiger partial charge in [-0.15, -0.1) is 0 Å². The van der Waals surface area contributed by atoms with Gasteiger partial charge in [0.25, 0.3) is 0 Å². The Bertz CT molecular complexity index is 487. The smallest absolute Gasteiger partial charge is 0.319 e. The SMILES string of the molecule is CC(C)CC(CNC(=O)Nc1ccc(I)cc1)N1CCOCC1. The van der Waals surface area contributed by atoms with Gasteiger partial charge in [-0.2, -0.15) is 0 Å². The number of hydrogen-bond acceptors (Lipinski definition) is 3. The Morgan fingerprint density at radius 2 is 1.91 bits per heavy atom. The molecule has 0 saturated carbocycles. The van der Waals surface area contributed by atoms with Gasteiger partial charge in [-0.25, -0.2) is 4.79 Å². The fourth-order valence-electron chi connectivity index (χ4n) is 2.77. The van der Waals surface area contributed by atoms with E-state index in [0.717, 1.165) is 42.0 Å². The molecule has 0 aromatic heterocycles. The third-order valence-electron chi connectivity index (χ3n) is 3.91. The second-order valence-electron chi connectivity index (χ2n) is 6.27. The second kappa shape index (κ2) is 9.44. The van der Waals surface area contributed by atoms with Crippen molar-refractivity contribution >= 4 is 34.3 Å². The average molecular weight is 431 g/mol. The van der Waals surface area contributed by atoms with Gasteiger partial charge < -0.3 is 15.4 Å². The highest BCUT2D eigenvalue weighted by molar-refractivity contribution is 14.1. The monoisotopic (exact) mass is 431 g/mol. The summed E-state index contributed by atoms with van der Waals surface area (Å²) in [4.78, 5) is 14.5. The maximum Gasteiger partial charge on any atom is 0.319 e. The van der Waals surface area contributed by atoms with E-state index in [9.17, 15) is 4.79 Å². The highest BCUT2D eigenvalue weighted by Gasteiger charge is 2.22. The van der Waals surface area contributed by atoms with Crippen molar-refractivity contribution in [1.29, 1.82) is 0 Å². The van der Waals surface area contributed by atoms with Crippen molar-refractivity contribution < 1.29 is 9.53 Å². The summed E-state index contributed by atoms with van der Waals surface area (Å²) in [7, 11) is 0. The van der Waals surface area contributed by atoms with E-state index >= 15 is 0 Å². The van der Waals surface area contributed by atoms with E-state index in [1.165, 1.54) is 0 Å². The number of rotatable bonds is 6. The number of morpholine rings is 1. The van der Waals surface area contributed by atoms with Gasteiger partial charge in [0.1, 0.15) is 0 Å². The zero-order chi connectivity index (χ0) is 16.7. The topological polar surface area (TPSA) is 53.6 Å². The van der Waals surface area contributed by atoms with E-state index in [-0.39, 0.29) is 6.03 Å². The fraction of sp³-hybridized carbons (Fsp3) is 0.588. The maximum absolute atomic E-state index is 12.1. The van der Waals surface area contributed by atoms with Crippen LogP contribution in [0.1, 0.15) is 20.3 Å². The lowest BCUT2D eigenvalue weighted by molar-refractivity contribution is 0.0130. The van der Waals surface area contributed by atoms with Crippen LogP contribution in [0.5, 0.6) is 0 Å². The molecule has 2 amide bonds. The molecule has 1 aliphatic heterocycles. The van der Waals surface area contributed by atoms with Crippen molar-refractivity contribution in [3.8, 4) is 0 Å². The first kappa shape index (κ1) is 18.5. The molecule has 1 unspecified atom stereocenters. The molecular weight excluding hydrogens is 405 g/mol. The number of nitrogens with one attached hydrogen (secondary N) is 2. The molecule has 1 aromatic rings. The lowest BCUT2D eigenvalue weighted by Crippen LogP contribution is -2.49. The molecular formula is C17H26IN3O2. The zero-order valence-electron chi connectivity index (χ0n) is 13.8. The van der Waals surface area contributed by atoms with Crippen LogP contribution < -0.4 is 10.6 Å². The first-order valence-corrected chi connectivity index (χ1v) is 9.24. The second-order valence-corrected chi connectivity index (χ2v) is 7.52. The van der Waals surface area contributed by atoms with E-state index < -0.39 is 0 Å². The van der Waals surface area contributed by atoms with Gasteiger partial charge in [0.15, 0.2) is 0 Å². The summed E-state index contributed by atoms with van der Waals surface area (Å²) >= 11 is 2.25. The summed E-state index contributed by atoms with van der Waals surface area (Å²) in [6.45, 7) is 8.55. The number of anilines is 1. The Morgan fingerprint density at radius 3 is 2.52 bits per heavy atom. The van der Waals surface area contributed by atoms with Gasteiger partial charge >= 0.3 is 6.03 Å². The van der Waals surface area contributed by atoms with E-state index in [0.29, 0.717) is 18.5 Å². The largest absolute Gasteiger partial charge is 0.379 e. The molecule has 0 bridgehead atoms. The minimum Gasteiger partial charge on any atom is -0.379 e. The molecule has 6 heteroatoms. The van der Waals surface area contributed by atoms with Crippen LogP contribution >= 0.6 is 22.6 Å². The van der Waals surface area contributed by atoms with Gasteiger partial charge in [-0.3, -0.25) is 4.90 Å². The molecule has 1 fully saturated rings. The normalized spacial score (nSPS) is 17.0. The van der Waals surface area contributed by atoms with E-state index in [4.69, 9.17) is 4.74 Å². The standard InChI is InChI=1S/C17H26IN3O2/c1-13(2)11-16(21-7-9-23-10-8-21)12-19-17(22)20-15-5-3-14(18)4-6-15/h3-6,13,16H,7-12H2,1-2H3,(H2,19,20,22). The molecule has 2 N–H and O–H groups in total. The molecule has 128 valence electrons. The predicted octanol–water partition coefficient (Wildman–Crippen LogP) is 3.16. The van der Waals surface area contributed by atoms with Crippen molar-refractivity contribution in [3.05, 3.63) is 27.8 Å². The molecule has 1 aromatic carbocycles. The molecule has 2 rings (SSSR count). The zero-order valence-corrected chi connectivity index (χ0v) is 16.0. The molecule has 0 aliphatic carbocycles. The molecule has 1 atom stereocenters. The van der Waals surface area contributed by atoms with Crippen LogP contribution in [0.4, 0.5) is 10.5 Å². The molecule has 5 nitrogen and oxygen atoms in total. The number of carbonyl (C=O) groups is 1. The van der Waals surface area contributed by atoms with Crippen molar-refractivity contribution in [2.45, 2.75) is 26.3 Å². The van der Waals surface area contributed by atoms with Crippen LogP contribution in [-0.4, -0.2) is 49.8 Å². The Hall–Kier alpha value is -0.860. The number of benzene rings is 1. The van der Waals surface area contributed by atoms with Gasteiger partial charge in [0, 0.05) is 34.9 Å². The fourth-order valence-corrected chi connectivity index (χ4v) is 3.13. The van der Waals surface area contributed by atoms with E-state index in [1.54, 1.807) is 0 Å². The maximum atomic E-state index is 12.1. The Balaban J connectivity index is 1.83. The number of ether oxygens (including phenoxy) is 1. The van der Waals surface area contributed by atoms with E-state index in [2.05, 4.69) is 52.0 Å².